The van der Waals surface area contributed by atoms with Crippen LogP contribution in [0.25, 0.3) is 0 Å². The molecule has 16 heavy (non-hydrogen) atoms. The lowest BCUT2D eigenvalue weighted by Crippen LogP contribution is -2.26. The maximum Gasteiger partial charge on any atom is 0.128 e. The number of aromatic nitrogens is 1. The minimum Gasteiger partial charge on any atom is -0.496 e. The van der Waals surface area contributed by atoms with Crippen LogP contribution in [0.4, 0.5) is 0 Å². The summed E-state index contributed by atoms with van der Waals surface area (Å²) in [4.78, 5) is 4.44. The molecule has 1 atom stereocenters. The molecule has 0 aliphatic carbocycles. The highest BCUT2D eigenvalue weighted by Crippen LogP contribution is 2.24. The third kappa shape index (κ3) is 3.12. The second-order valence-electron chi connectivity index (χ2n) is 3.97. The summed E-state index contributed by atoms with van der Waals surface area (Å²) in [5.74, 6) is 1.89. The summed E-state index contributed by atoms with van der Waals surface area (Å²) in [5.41, 5.74) is 9.24. The molecule has 3 nitrogen and oxygen atoms in total. The van der Waals surface area contributed by atoms with E-state index in [0.29, 0.717) is 0 Å². The van der Waals surface area contributed by atoms with Crippen molar-refractivity contribution in [2.24, 2.45) is 5.73 Å². The Hall–Kier alpha value is -0.740. The number of hydrogen-bond donors (Lipinski definition) is 1. The van der Waals surface area contributed by atoms with E-state index in [1.807, 2.05) is 20.0 Å². The van der Waals surface area contributed by atoms with Crippen molar-refractivity contribution in [3.05, 3.63) is 23.0 Å². The summed E-state index contributed by atoms with van der Waals surface area (Å²) in [6.07, 6.45) is 4.73. The Balaban J connectivity index is 2.89. The van der Waals surface area contributed by atoms with Gasteiger partial charge in [0, 0.05) is 41.2 Å². The van der Waals surface area contributed by atoms with Gasteiger partial charge in [0.15, 0.2) is 0 Å². The average molecular weight is 240 g/mol. The van der Waals surface area contributed by atoms with Gasteiger partial charge in [-0.05, 0) is 20.1 Å². The molecule has 0 bridgehead atoms. The van der Waals surface area contributed by atoms with Crippen LogP contribution in [0.15, 0.2) is 6.20 Å². The quantitative estimate of drug-likeness (QED) is 0.854. The SMILES string of the molecule is COc1c(C)cnc(CC(N)CSC)c1C. The molecule has 1 unspecified atom stereocenters. The molecule has 0 amide bonds. The van der Waals surface area contributed by atoms with Crippen LogP contribution >= 0.6 is 11.8 Å². The zero-order valence-corrected chi connectivity index (χ0v) is 11.2. The molecule has 0 aromatic carbocycles. The lowest BCUT2D eigenvalue weighted by atomic mass is 10.1. The Labute approximate surface area is 102 Å². The molecule has 0 saturated carbocycles. The molecule has 2 N–H and O–H groups in total. The van der Waals surface area contributed by atoms with E-state index >= 15 is 0 Å². The summed E-state index contributed by atoms with van der Waals surface area (Å²) in [7, 11) is 1.70. The second-order valence-corrected chi connectivity index (χ2v) is 4.88. The fourth-order valence-corrected chi connectivity index (χ4v) is 2.34. The van der Waals surface area contributed by atoms with Crippen molar-refractivity contribution >= 4 is 11.8 Å². The van der Waals surface area contributed by atoms with Crippen LogP contribution in [0, 0.1) is 13.8 Å². The first-order chi connectivity index (χ1) is 7.60. The first-order valence-electron chi connectivity index (χ1n) is 5.33. The van der Waals surface area contributed by atoms with Crippen LogP contribution in [0.2, 0.25) is 0 Å². The number of pyridine rings is 1. The molecule has 4 heteroatoms. The van der Waals surface area contributed by atoms with Gasteiger partial charge < -0.3 is 10.5 Å². The largest absolute Gasteiger partial charge is 0.496 e. The van der Waals surface area contributed by atoms with Crippen LogP contribution in [-0.2, 0) is 6.42 Å². The lowest BCUT2D eigenvalue weighted by molar-refractivity contribution is 0.406. The van der Waals surface area contributed by atoms with Crippen LogP contribution in [0.5, 0.6) is 5.75 Å². The highest BCUT2D eigenvalue weighted by Gasteiger charge is 2.12. The molecule has 0 saturated heterocycles. The van der Waals surface area contributed by atoms with Crippen molar-refractivity contribution < 1.29 is 4.74 Å². The van der Waals surface area contributed by atoms with Gasteiger partial charge in [0.2, 0.25) is 0 Å². The molecule has 1 aromatic rings. The first kappa shape index (κ1) is 13.3. The molecule has 0 radical (unpaired) electrons. The smallest absolute Gasteiger partial charge is 0.128 e. The van der Waals surface area contributed by atoms with E-state index in [-0.39, 0.29) is 6.04 Å². The number of nitrogens with two attached hydrogens (primary N) is 1. The summed E-state index contributed by atoms with van der Waals surface area (Å²) in [6.45, 7) is 4.05. The summed E-state index contributed by atoms with van der Waals surface area (Å²) in [6, 6.07) is 0.161. The number of rotatable bonds is 5. The third-order valence-electron chi connectivity index (χ3n) is 2.59. The average Bonchev–Trinajstić information content (AvgIpc) is 2.23. The maximum absolute atomic E-state index is 6.01. The summed E-state index contributed by atoms with van der Waals surface area (Å²) < 4.78 is 5.37. The Kier molecular flexibility index (Phi) is 5.09. The van der Waals surface area contributed by atoms with Crippen molar-refractivity contribution in [3.63, 3.8) is 0 Å². The summed E-state index contributed by atoms with van der Waals surface area (Å²) in [5, 5.41) is 0. The number of aryl methyl sites for hydroxylation is 1. The standard InChI is InChI=1S/C12H20N2OS/c1-8-6-14-11(5-10(13)7-16-4)9(2)12(8)15-3/h6,10H,5,7,13H2,1-4H3. The van der Waals surface area contributed by atoms with Gasteiger partial charge in [-0.1, -0.05) is 0 Å². The minimum absolute atomic E-state index is 0.161. The number of nitrogens with zero attached hydrogens (tertiary/aromatic N) is 1. The van der Waals surface area contributed by atoms with E-state index in [4.69, 9.17) is 10.5 Å². The Morgan fingerprint density at radius 1 is 1.50 bits per heavy atom. The van der Waals surface area contributed by atoms with Gasteiger partial charge >= 0.3 is 0 Å². The zero-order valence-electron chi connectivity index (χ0n) is 10.4. The normalized spacial score (nSPS) is 12.6. The van der Waals surface area contributed by atoms with Crippen LogP contribution < -0.4 is 10.5 Å². The predicted molar refractivity (Wildman–Crippen MR) is 70.3 cm³/mol. The Morgan fingerprint density at radius 3 is 2.75 bits per heavy atom. The van der Waals surface area contributed by atoms with E-state index in [1.54, 1.807) is 18.9 Å². The van der Waals surface area contributed by atoms with Gasteiger partial charge in [0.25, 0.3) is 0 Å². The fourth-order valence-electron chi connectivity index (χ4n) is 1.80. The highest BCUT2D eigenvalue weighted by atomic mass is 32.2. The van der Waals surface area contributed by atoms with Crippen LogP contribution in [0.1, 0.15) is 16.8 Å². The fraction of sp³-hybridized carbons (Fsp3) is 0.583. The van der Waals surface area contributed by atoms with E-state index in [0.717, 1.165) is 34.7 Å². The van der Waals surface area contributed by atoms with Crippen molar-refractivity contribution in [2.45, 2.75) is 26.3 Å². The van der Waals surface area contributed by atoms with E-state index in [1.165, 1.54) is 0 Å². The molecule has 90 valence electrons. The minimum atomic E-state index is 0.161. The number of ether oxygens (including phenoxy) is 1. The molecular weight excluding hydrogens is 220 g/mol. The van der Waals surface area contributed by atoms with Gasteiger partial charge in [-0.25, -0.2) is 0 Å². The summed E-state index contributed by atoms with van der Waals surface area (Å²) >= 11 is 1.76. The second kappa shape index (κ2) is 6.11. The van der Waals surface area contributed by atoms with Gasteiger partial charge in [-0.15, -0.1) is 0 Å². The van der Waals surface area contributed by atoms with Gasteiger partial charge in [-0.2, -0.15) is 11.8 Å². The monoisotopic (exact) mass is 240 g/mol. The molecular formula is C12H20N2OS. The maximum atomic E-state index is 6.01. The van der Waals surface area contributed by atoms with Crippen LogP contribution in [0.3, 0.4) is 0 Å². The van der Waals surface area contributed by atoms with Crippen LogP contribution in [-0.4, -0.2) is 30.1 Å². The van der Waals surface area contributed by atoms with E-state index in [2.05, 4.69) is 11.2 Å². The van der Waals surface area contributed by atoms with Gasteiger partial charge in [0.05, 0.1) is 7.11 Å². The van der Waals surface area contributed by atoms with Gasteiger partial charge in [0.1, 0.15) is 5.75 Å². The molecule has 1 rings (SSSR count). The van der Waals surface area contributed by atoms with Crippen molar-refractivity contribution in [2.75, 3.05) is 19.1 Å². The highest BCUT2D eigenvalue weighted by molar-refractivity contribution is 7.98. The van der Waals surface area contributed by atoms with Gasteiger partial charge in [-0.3, -0.25) is 4.98 Å². The molecule has 1 aromatic heterocycles. The first-order valence-corrected chi connectivity index (χ1v) is 6.73. The lowest BCUT2D eigenvalue weighted by Gasteiger charge is -2.15. The Bertz CT molecular complexity index is 355. The topological polar surface area (TPSA) is 48.1 Å². The molecule has 0 aliphatic rings. The zero-order chi connectivity index (χ0) is 12.1. The molecule has 0 spiro atoms. The molecule has 0 fully saturated rings. The van der Waals surface area contributed by atoms with E-state index in [9.17, 15) is 0 Å². The molecule has 1 heterocycles. The van der Waals surface area contributed by atoms with E-state index < -0.39 is 0 Å². The predicted octanol–water partition coefficient (Wildman–Crippen LogP) is 1.94. The number of hydrogen-bond acceptors (Lipinski definition) is 4. The number of methoxy groups -OCH3 is 1. The Morgan fingerprint density at radius 2 is 2.19 bits per heavy atom. The number of thioether (sulfide) groups is 1. The molecule has 0 aliphatic heterocycles. The van der Waals surface area contributed by atoms with Crippen molar-refractivity contribution in [1.82, 2.24) is 4.98 Å². The van der Waals surface area contributed by atoms with Crippen molar-refractivity contribution in [3.8, 4) is 5.75 Å². The third-order valence-corrected chi connectivity index (χ3v) is 3.35. The van der Waals surface area contributed by atoms with Crippen molar-refractivity contribution in [1.29, 1.82) is 0 Å².